The van der Waals surface area contributed by atoms with E-state index in [9.17, 15) is 14.4 Å². The monoisotopic (exact) mass is 566 g/mol. The number of unbranched alkanes of at least 4 members (excludes halogenated alkanes) is 3. The van der Waals surface area contributed by atoms with Gasteiger partial charge in [0.1, 0.15) is 23.4 Å². The lowest BCUT2D eigenvalue weighted by Crippen LogP contribution is -2.36. The van der Waals surface area contributed by atoms with Crippen LogP contribution >= 0.6 is 0 Å². The van der Waals surface area contributed by atoms with E-state index < -0.39 is 18.1 Å². The molecule has 1 aliphatic carbocycles. The topological polar surface area (TPSA) is 97.4 Å². The summed E-state index contributed by atoms with van der Waals surface area (Å²) in [5, 5.41) is 0. The summed E-state index contributed by atoms with van der Waals surface area (Å²) in [7, 11) is 0. The van der Waals surface area contributed by atoms with Crippen LogP contribution in [0.15, 0.2) is 61.2 Å². The maximum Gasteiger partial charge on any atom is 0.514 e. The van der Waals surface area contributed by atoms with Gasteiger partial charge in [0.2, 0.25) is 0 Å². The van der Waals surface area contributed by atoms with Crippen LogP contribution in [0.2, 0.25) is 0 Å². The number of benzene rings is 2. The molecule has 0 radical (unpaired) electrons. The van der Waals surface area contributed by atoms with Gasteiger partial charge in [-0.1, -0.05) is 33.8 Å². The van der Waals surface area contributed by atoms with Gasteiger partial charge >= 0.3 is 18.1 Å². The van der Waals surface area contributed by atoms with Crippen molar-refractivity contribution in [3.05, 3.63) is 66.7 Å². The fourth-order valence-corrected chi connectivity index (χ4v) is 4.90. The Morgan fingerprint density at radius 2 is 1.46 bits per heavy atom. The highest BCUT2D eigenvalue weighted by Gasteiger charge is 2.34. The van der Waals surface area contributed by atoms with Gasteiger partial charge in [-0.2, -0.15) is 0 Å². The molecule has 0 heterocycles. The molecular weight excluding hydrogens is 524 g/mol. The zero-order valence-electron chi connectivity index (χ0n) is 24.3. The summed E-state index contributed by atoms with van der Waals surface area (Å²) in [6.07, 6.45) is 6.91. The van der Waals surface area contributed by atoms with Gasteiger partial charge in [-0.05, 0) is 105 Å². The SMILES string of the molecule is C=CC(=O)OCCCCCCOc1ccc(C(=O)Oc2ccc(OC(=O)O[C@@H]3C[C@H](C)CC[C@H]3C(C)C)cc2)cc1. The van der Waals surface area contributed by atoms with Crippen molar-refractivity contribution in [1.29, 1.82) is 0 Å². The third kappa shape index (κ3) is 10.9. The number of carbonyl (C=O) groups is 3. The molecule has 0 spiro atoms. The van der Waals surface area contributed by atoms with Crippen molar-refractivity contribution in [3.63, 3.8) is 0 Å². The molecule has 0 saturated heterocycles. The molecule has 1 fully saturated rings. The summed E-state index contributed by atoms with van der Waals surface area (Å²) in [5.41, 5.74) is 0.386. The van der Waals surface area contributed by atoms with E-state index >= 15 is 0 Å². The molecule has 0 N–H and O–H groups in total. The maximum absolute atomic E-state index is 12.6. The Bertz CT molecular complexity index is 1120. The number of esters is 2. The number of rotatable bonds is 14. The van der Waals surface area contributed by atoms with E-state index in [0.717, 1.165) is 51.0 Å². The first-order valence-electron chi connectivity index (χ1n) is 14.5. The average molecular weight is 567 g/mol. The molecule has 2 aromatic carbocycles. The lowest BCUT2D eigenvalue weighted by atomic mass is 9.75. The Labute approximate surface area is 243 Å². The second-order valence-corrected chi connectivity index (χ2v) is 10.9. The third-order valence-electron chi connectivity index (χ3n) is 7.25. The molecule has 3 rings (SSSR count). The molecule has 3 atom stereocenters. The van der Waals surface area contributed by atoms with Crippen LogP contribution < -0.4 is 14.2 Å². The molecule has 1 saturated carbocycles. The van der Waals surface area contributed by atoms with Crippen LogP contribution in [0.4, 0.5) is 4.79 Å². The van der Waals surface area contributed by atoms with Crippen molar-refractivity contribution in [2.45, 2.75) is 71.8 Å². The molecular formula is C33H42O8. The van der Waals surface area contributed by atoms with Crippen LogP contribution in [0.25, 0.3) is 0 Å². The molecule has 0 aliphatic heterocycles. The summed E-state index contributed by atoms with van der Waals surface area (Å²) in [4.78, 5) is 36.0. The van der Waals surface area contributed by atoms with Crippen molar-refractivity contribution >= 4 is 18.1 Å². The zero-order valence-corrected chi connectivity index (χ0v) is 24.3. The number of hydrogen-bond donors (Lipinski definition) is 0. The number of hydrogen-bond acceptors (Lipinski definition) is 8. The van der Waals surface area contributed by atoms with Gasteiger partial charge in [-0.15, -0.1) is 0 Å². The van der Waals surface area contributed by atoms with Crippen molar-refractivity contribution in [2.24, 2.45) is 17.8 Å². The van der Waals surface area contributed by atoms with E-state index in [2.05, 4.69) is 27.4 Å². The largest absolute Gasteiger partial charge is 0.514 e. The number of carbonyl (C=O) groups excluding carboxylic acids is 3. The second-order valence-electron chi connectivity index (χ2n) is 10.9. The Hall–Kier alpha value is -3.81. The molecule has 0 aromatic heterocycles. The maximum atomic E-state index is 12.6. The molecule has 0 bridgehead atoms. The van der Waals surface area contributed by atoms with E-state index in [1.54, 1.807) is 48.5 Å². The molecule has 0 unspecified atom stereocenters. The third-order valence-corrected chi connectivity index (χ3v) is 7.25. The van der Waals surface area contributed by atoms with E-state index in [0.29, 0.717) is 53.8 Å². The quantitative estimate of drug-likeness (QED) is 0.0760. The first kappa shape index (κ1) is 31.7. The Kier molecular flexibility index (Phi) is 12.7. The van der Waals surface area contributed by atoms with Crippen LogP contribution in [-0.2, 0) is 14.3 Å². The summed E-state index contributed by atoms with van der Waals surface area (Å²) < 4.78 is 27.2. The van der Waals surface area contributed by atoms with Gasteiger partial charge in [0, 0.05) is 6.08 Å². The normalized spacial score (nSPS) is 18.3. The minimum Gasteiger partial charge on any atom is -0.494 e. The van der Waals surface area contributed by atoms with Gasteiger partial charge in [-0.25, -0.2) is 14.4 Å². The molecule has 8 nitrogen and oxygen atoms in total. The van der Waals surface area contributed by atoms with Crippen molar-refractivity contribution < 1.29 is 38.1 Å². The molecule has 41 heavy (non-hydrogen) atoms. The lowest BCUT2D eigenvalue weighted by Gasteiger charge is -2.36. The summed E-state index contributed by atoms with van der Waals surface area (Å²) in [6, 6.07) is 13.0. The summed E-state index contributed by atoms with van der Waals surface area (Å²) in [5.74, 6) is 1.69. The summed E-state index contributed by atoms with van der Waals surface area (Å²) >= 11 is 0. The van der Waals surface area contributed by atoms with Gasteiger partial charge in [-0.3, -0.25) is 0 Å². The molecule has 8 heteroatoms. The lowest BCUT2D eigenvalue weighted by molar-refractivity contribution is -0.137. The van der Waals surface area contributed by atoms with E-state index in [4.69, 9.17) is 23.7 Å². The zero-order chi connectivity index (χ0) is 29.6. The van der Waals surface area contributed by atoms with Gasteiger partial charge in [0.05, 0.1) is 18.8 Å². The smallest absolute Gasteiger partial charge is 0.494 e. The highest BCUT2D eigenvalue weighted by Crippen LogP contribution is 2.35. The van der Waals surface area contributed by atoms with Crippen LogP contribution in [0.5, 0.6) is 17.2 Å². The van der Waals surface area contributed by atoms with Crippen LogP contribution in [0.1, 0.15) is 76.1 Å². The highest BCUT2D eigenvalue weighted by molar-refractivity contribution is 5.91. The first-order chi connectivity index (χ1) is 19.7. The standard InChI is InChI=1S/C33H42O8/c1-5-31(34)38-21-9-7-6-8-20-37-26-13-11-25(12-14-26)32(35)39-27-15-17-28(18-16-27)40-33(36)41-30-22-24(4)10-19-29(30)23(2)3/h5,11-18,23-24,29-30H,1,6-10,19-22H2,2-4H3/t24-,29+,30-/m1/s1. The van der Waals surface area contributed by atoms with Crippen molar-refractivity contribution in [1.82, 2.24) is 0 Å². The number of ether oxygens (including phenoxy) is 5. The summed E-state index contributed by atoms with van der Waals surface area (Å²) in [6.45, 7) is 10.8. The Balaban J connectivity index is 1.37. The fourth-order valence-electron chi connectivity index (χ4n) is 4.90. The molecule has 1 aliphatic rings. The van der Waals surface area contributed by atoms with Crippen LogP contribution in [0.3, 0.4) is 0 Å². The predicted octanol–water partition coefficient (Wildman–Crippen LogP) is 7.55. The fraction of sp³-hybridized carbons (Fsp3) is 0.485. The van der Waals surface area contributed by atoms with Crippen LogP contribution in [0, 0.1) is 17.8 Å². The van der Waals surface area contributed by atoms with E-state index in [1.807, 2.05) is 0 Å². The van der Waals surface area contributed by atoms with Crippen molar-refractivity contribution in [2.75, 3.05) is 13.2 Å². The minimum atomic E-state index is -0.714. The Morgan fingerprint density at radius 3 is 2.10 bits per heavy atom. The molecule has 2 aromatic rings. The van der Waals surface area contributed by atoms with Crippen molar-refractivity contribution in [3.8, 4) is 17.2 Å². The predicted molar refractivity (Wildman–Crippen MR) is 155 cm³/mol. The van der Waals surface area contributed by atoms with E-state index in [-0.39, 0.29) is 6.10 Å². The average Bonchev–Trinajstić information content (AvgIpc) is 2.95. The molecule has 0 amide bonds. The minimum absolute atomic E-state index is 0.143. The highest BCUT2D eigenvalue weighted by atomic mass is 16.7. The Morgan fingerprint density at radius 1 is 0.854 bits per heavy atom. The molecule has 222 valence electrons. The van der Waals surface area contributed by atoms with Gasteiger partial charge in [0.25, 0.3) is 0 Å². The van der Waals surface area contributed by atoms with Gasteiger partial charge in [0.15, 0.2) is 0 Å². The van der Waals surface area contributed by atoms with Gasteiger partial charge < -0.3 is 23.7 Å². The second kappa shape index (κ2) is 16.5. The van der Waals surface area contributed by atoms with Crippen LogP contribution in [-0.4, -0.2) is 37.4 Å². The van der Waals surface area contributed by atoms with E-state index in [1.165, 1.54) is 0 Å². The first-order valence-corrected chi connectivity index (χ1v) is 14.5.